The molecule has 0 saturated carbocycles. The van der Waals surface area contributed by atoms with Crippen LogP contribution in [0.15, 0.2) is 65.0 Å². The molecular formula is C25H28N2OS2. The summed E-state index contributed by atoms with van der Waals surface area (Å²) in [5, 5.41) is 6.35. The first-order valence-corrected chi connectivity index (χ1v) is 12.4. The largest absolute Gasteiger partial charge is 0.494 e. The van der Waals surface area contributed by atoms with E-state index in [0.29, 0.717) is 12.6 Å². The Kier molecular flexibility index (Phi) is 7.26. The lowest BCUT2D eigenvalue weighted by molar-refractivity contribution is 0.340. The Bertz CT molecular complexity index is 1100. The van der Waals surface area contributed by atoms with Crippen LogP contribution < -0.4 is 10.1 Å². The van der Waals surface area contributed by atoms with Gasteiger partial charge in [0, 0.05) is 17.9 Å². The highest BCUT2D eigenvalue weighted by molar-refractivity contribution is 8.01. The van der Waals surface area contributed by atoms with Crippen molar-refractivity contribution in [2.24, 2.45) is 0 Å². The van der Waals surface area contributed by atoms with Crippen LogP contribution in [0.5, 0.6) is 5.75 Å². The standard InChI is InChI=1S/C25H28N2OS2/c1-3-28-20-13-14-24-23(17-20)27-25(30-24)29-16-7-6-15-26-18(2)21-12-8-10-19-9-4-5-11-22(19)21/h4-5,8-14,17-18,26H,3,6-7,15-16H2,1-2H3/t18-/m1/s1. The van der Waals surface area contributed by atoms with Gasteiger partial charge in [-0.05, 0) is 61.7 Å². The van der Waals surface area contributed by atoms with Gasteiger partial charge in [-0.3, -0.25) is 0 Å². The molecule has 1 N–H and O–H groups in total. The first kappa shape index (κ1) is 21.2. The van der Waals surface area contributed by atoms with E-state index in [4.69, 9.17) is 9.72 Å². The van der Waals surface area contributed by atoms with Gasteiger partial charge in [0.05, 0.1) is 16.8 Å². The lowest BCUT2D eigenvalue weighted by Gasteiger charge is -2.16. The van der Waals surface area contributed by atoms with Crippen LogP contribution in [-0.2, 0) is 0 Å². The van der Waals surface area contributed by atoms with E-state index in [0.717, 1.165) is 27.9 Å². The van der Waals surface area contributed by atoms with Gasteiger partial charge in [-0.15, -0.1) is 11.3 Å². The zero-order valence-corrected chi connectivity index (χ0v) is 19.2. The maximum absolute atomic E-state index is 5.57. The summed E-state index contributed by atoms with van der Waals surface area (Å²) >= 11 is 3.63. The molecule has 1 aromatic heterocycles. The number of ether oxygens (including phenoxy) is 1. The first-order valence-electron chi connectivity index (χ1n) is 10.6. The number of hydrogen-bond donors (Lipinski definition) is 1. The highest BCUT2D eigenvalue weighted by Gasteiger charge is 2.09. The van der Waals surface area contributed by atoms with Gasteiger partial charge in [0.1, 0.15) is 5.75 Å². The number of hydrogen-bond acceptors (Lipinski definition) is 5. The number of rotatable bonds is 10. The summed E-state index contributed by atoms with van der Waals surface area (Å²) < 4.78 is 7.95. The number of thioether (sulfide) groups is 1. The van der Waals surface area contributed by atoms with Gasteiger partial charge in [-0.2, -0.15) is 0 Å². The quantitative estimate of drug-likeness (QED) is 0.213. The molecule has 5 heteroatoms. The molecule has 0 aliphatic heterocycles. The summed E-state index contributed by atoms with van der Waals surface area (Å²) in [7, 11) is 0. The molecule has 0 fully saturated rings. The normalized spacial score (nSPS) is 12.5. The third-order valence-electron chi connectivity index (χ3n) is 5.19. The minimum Gasteiger partial charge on any atom is -0.494 e. The first-order chi connectivity index (χ1) is 14.7. The number of aromatic nitrogens is 1. The molecule has 3 nitrogen and oxygen atoms in total. The van der Waals surface area contributed by atoms with Crippen molar-refractivity contribution in [3.63, 3.8) is 0 Å². The number of nitrogens with one attached hydrogen (secondary N) is 1. The van der Waals surface area contributed by atoms with E-state index >= 15 is 0 Å². The minimum absolute atomic E-state index is 0.354. The molecule has 156 valence electrons. The monoisotopic (exact) mass is 436 g/mol. The molecule has 0 unspecified atom stereocenters. The Morgan fingerprint density at radius 1 is 1.07 bits per heavy atom. The molecular weight excluding hydrogens is 408 g/mol. The molecule has 3 aromatic carbocycles. The Morgan fingerprint density at radius 2 is 1.93 bits per heavy atom. The highest BCUT2D eigenvalue weighted by Crippen LogP contribution is 2.32. The summed E-state index contributed by atoms with van der Waals surface area (Å²) in [6, 6.07) is 21.7. The van der Waals surface area contributed by atoms with Gasteiger partial charge >= 0.3 is 0 Å². The van der Waals surface area contributed by atoms with Crippen LogP contribution in [0.1, 0.15) is 38.3 Å². The molecule has 0 spiro atoms. The van der Waals surface area contributed by atoms with Crippen LogP contribution in [0.3, 0.4) is 0 Å². The van der Waals surface area contributed by atoms with Crippen LogP contribution in [0.25, 0.3) is 21.0 Å². The summed E-state index contributed by atoms with van der Waals surface area (Å²) in [6.45, 7) is 5.98. The second-order valence-corrected chi connectivity index (χ2v) is 9.71. The zero-order chi connectivity index (χ0) is 20.8. The van der Waals surface area contributed by atoms with E-state index in [-0.39, 0.29) is 0 Å². The average molecular weight is 437 g/mol. The second kappa shape index (κ2) is 10.3. The fourth-order valence-electron chi connectivity index (χ4n) is 3.65. The van der Waals surface area contributed by atoms with Crippen molar-refractivity contribution in [2.45, 2.75) is 37.1 Å². The lowest BCUT2D eigenvalue weighted by atomic mass is 9.99. The highest BCUT2D eigenvalue weighted by atomic mass is 32.2. The SMILES string of the molecule is CCOc1ccc2sc(SCCCCN[C@H](C)c3cccc4ccccc34)nc2c1. The van der Waals surface area contributed by atoms with Gasteiger partial charge in [0.25, 0.3) is 0 Å². The molecule has 1 atom stereocenters. The van der Waals surface area contributed by atoms with Crippen molar-refractivity contribution in [2.75, 3.05) is 18.9 Å². The molecule has 4 aromatic rings. The maximum atomic E-state index is 5.57. The predicted octanol–water partition coefficient (Wildman–Crippen LogP) is 7.07. The molecule has 0 aliphatic carbocycles. The summed E-state index contributed by atoms with van der Waals surface area (Å²) in [5.74, 6) is 2.00. The van der Waals surface area contributed by atoms with Gasteiger partial charge in [0.2, 0.25) is 0 Å². The van der Waals surface area contributed by atoms with Gasteiger partial charge in [0.15, 0.2) is 4.34 Å². The average Bonchev–Trinajstić information content (AvgIpc) is 3.18. The lowest BCUT2D eigenvalue weighted by Crippen LogP contribution is -2.20. The van der Waals surface area contributed by atoms with Crippen LogP contribution in [0, 0.1) is 0 Å². The number of unbranched alkanes of at least 4 members (excludes halogenated alkanes) is 1. The van der Waals surface area contributed by atoms with Crippen LogP contribution in [-0.4, -0.2) is 23.9 Å². The minimum atomic E-state index is 0.354. The molecule has 0 saturated heterocycles. The van der Waals surface area contributed by atoms with E-state index in [9.17, 15) is 0 Å². The molecule has 0 amide bonds. The number of thiazole rings is 1. The molecule has 0 aliphatic rings. The summed E-state index contributed by atoms with van der Waals surface area (Å²) in [4.78, 5) is 4.76. The van der Waals surface area contributed by atoms with E-state index in [1.807, 2.05) is 30.8 Å². The van der Waals surface area contributed by atoms with Crippen molar-refractivity contribution in [1.29, 1.82) is 0 Å². The maximum Gasteiger partial charge on any atom is 0.151 e. The molecule has 30 heavy (non-hydrogen) atoms. The van der Waals surface area contributed by atoms with Crippen molar-refractivity contribution >= 4 is 44.1 Å². The van der Waals surface area contributed by atoms with E-state index in [1.54, 1.807) is 11.3 Å². The molecule has 4 rings (SSSR count). The van der Waals surface area contributed by atoms with Gasteiger partial charge < -0.3 is 10.1 Å². The van der Waals surface area contributed by atoms with Crippen molar-refractivity contribution < 1.29 is 4.74 Å². The van der Waals surface area contributed by atoms with Gasteiger partial charge in [-0.1, -0.05) is 54.2 Å². The summed E-state index contributed by atoms with van der Waals surface area (Å²) in [5.41, 5.74) is 2.42. The van der Waals surface area contributed by atoms with E-state index in [2.05, 4.69) is 60.8 Å². The predicted molar refractivity (Wildman–Crippen MR) is 131 cm³/mol. The van der Waals surface area contributed by atoms with Crippen LogP contribution in [0.2, 0.25) is 0 Å². The summed E-state index contributed by atoms with van der Waals surface area (Å²) in [6.07, 6.45) is 2.35. The fraction of sp³-hybridized carbons (Fsp3) is 0.320. The zero-order valence-electron chi connectivity index (χ0n) is 17.6. The Balaban J connectivity index is 1.22. The van der Waals surface area contributed by atoms with Crippen LogP contribution in [0.4, 0.5) is 0 Å². The number of fused-ring (bicyclic) bond motifs is 2. The Hall–Kier alpha value is -2.08. The van der Waals surface area contributed by atoms with Gasteiger partial charge in [-0.25, -0.2) is 4.98 Å². The van der Waals surface area contributed by atoms with Crippen molar-refractivity contribution in [3.05, 3.63) is 66.2 Å². The molecule has 0 bridgehead atoms. The fourth-order valence-corrected chi connectivity index (χ4v) is 5.77. The number of benzene rings is 3. The second-order valence-electron chi connectivity index (χ2n) is 7.34. The third-order valence-corrected chi connectivity index (χ3v) is 7.45. The van der Waals surface area contributed by atoms with E-state index in [1.165, 1.54) is 33.9 Å². The smallest absolute Gasteiger partial charge is 0.151 e. The van der Waals surface area contributed by atoms with Crippen LogP contribution >= 0.6 is 23.1 Å². The Morgan fingerprint density at radius 3 is 2.83 bits per heavy atom. The Labute approximate surface area is 186 Å². The van der Waals surface area contributed by atoms with E-state index < -0.39 is 0 Å². The topological polar surface area (TPSA) is 34.1 Å². The number of nitrogens with zero attached hydrogens (tertiary/aromatic N) is 1. The third kappa shape index (κ3) is 5.15. The van der Waals surface area contributed by atoms with Crippen molar-refractivity contribution in [1.82, 2.24) is 10.3 Å². The molecule has 0 radical (unpaired) electrons. The van der Waals surface area contributed by atoms with Crippen molar-refractivity contribution in [3.8, 4) is 5.75 Å². The molecule has 1 heterocycles.